The molecule has 192 valence electrons. The van der Waals surface area contributed by atoms with Gasteiger partial charge in [-0.1, -0.05) is 79.5 Å². The average molecular weight is 572 g/mol. The van der Waals surface area contributed by atoms with Gasteiger partial charge >= 0.3 is 0 Å². The molecule has 6 nitrogen and oxygen atoms in total. The fourth-order valence-corrected chi connectivity index (χ4v) is 8.87. The Labute approximate surface area is 230 Å². The first-order valence-electron chi connectivity index (χ1n) is 12.1. The standard InChI is InChI=1S/C27H26ClN3O3S3/c1-2-7-22-25(20-13-11-19(12-14-20)18-8-4-3-5-9-18)29-27(35-22)30-26(32)21-10-6-17-31(21)37(33,34)24-16-15-23(28)36-24/h3-5,8-9,11-16,21H,2,6-7,10,17H2,1H3,(H,29,30,32). The van der Waals surface area contributed by atoms with E-state index in [0.717, 1.165) is 51.4 Å². The van der Waals surface area contributed by atoms with Crippen molar-refractivity contribution in [3.63, 3.8) is 0 Å². The van der Waals surface area contributed by atoms with Gasteiger partial charge in [0.2, 0.25) is 5.91 Å². The lowest BCUT2D eigenvalue weighted by atomic mass is 10.0. The van der Waals surface area contributed by atoms with E-state index in [4.69, 9.17) is 16.6 Å². The minimum Gasteiger partial charge on any atom is -0.301 e. The van der Waals surface area contributed by atoms with Crippen LogP contribution in [0.15, 0.2) is 70.9 Å². The van der Waals surface area contributed by atoms with Crippen molar-refractivity contribution in [3.05, 3.63) is 75.9 Å². The fourth-order valence-electron chi connectivity index (χ4n) is 4.51. The zero-order valence-electron chi connectivity index (χ0n) is 20.2. The molecule has 1 unspecified atom stereocenters. The number of anilines is 1. The average Bonchev–Trinajstić information content (AvgIpc) is 3.65. The van der Waals surface area contributed by atoms with E-state index in [1.165, 1.54) is 21.7 Å². The highest BCUT2D eigenvalue weighted by Gasteiger charge is 2.40. The molecule has 0 aliphatic carbocycles. The Hall–Kier alpha value is -2.56. The van der Waals surface area contributed by atoms with Gasteiger partial charge in [0.1, 0.15) is 10.3 Å². The Kier molecular flexibility index (Phi) is 7.78. The fraction of sp³-hybridized carbons (Fsp3) is 0.259. The van der Waals surface area contributed by atoms with Crippen molar-refractivity contribution in [1.82, 2.24) is 9.29 Å². The smallest absolute Gasteiger partial charge is 0.253 e. The quantitative estimate of drug-likeness (QED) is 0.248. The molecule has 4 aromatic rings. The van der Waals surface area contributed by atoms with Crippen LogP contribution in [0.3, 0.4) is 0 Å². The Morgan fingerprint density at radius 2 is 1.73 bits per heavy atom. The molecular weight excluding hydrogens is 546 g/mol. The van der Waals surface area contributed by atoms with Crippen molar-refractivity contribution in [1.29, 1.82) is 0 Å². The molecule has 3 heterocycles. The van der Waals surface area contributed by atoms with E-state index in [1.807, 2.05) is 18.2 Å². The number of thiophene rings is 1. The molecule has 1 N–H and O–H groups in total. The Balaban J connectivity index is 1.37. The zero-order chi connectivity index (χ0) is 26.0. The van der Waals surface area contributed by atoms with Crippen LogP contribution in [0, 0.1) is 0 Å². The summed E-state index contributed by atoms with van der Waals surface area (Å²) in [4.78, 5) is 19.1. The number of hydrogen-bond acceptors (Lipinski definition) is 6. The molecule has 2 aromatic heterocycles. The number of aromatic nitrogens is 1. The van der Waals surface area contributed by atoms with Crippen LogP contribution in [0.2, 0.25) is 4.34 Å². The number of aryl methyl sites for hydroxylation is 1. The van der Waals surface area contributed by atoms with Gasteiger partial charge in [-0.3, -0.25) is 4.79 Å². The van der Waals surface area contributed by atoms with Gasteiger partial charge in [0, 0.05) is 17.0 Å². The second kappa shape index (κ2) is 11.0. The number of hydrogen-bond donors (Lipinski definition) is 1. The lowest BCUT2D eigenvalue weighted by Crippen LogP contribution is -2.42. The van der Waals surface area contributed by atoms with Gasteiger partial charge in [0.15, 0.2) is 5.13 Å². The van der Waals surface area contributed by atoms with Crippen molar-refractivity contribution in [2.45, 2.75) is 42.9 Å². The minimum atomic E-state index is -3.80. The number of amides is 1. The highest BCUT2D eigenvalue weighted by Crippen LogP contribution is 2.35. The number of nitrogens with zero attached hydrogens (tertiary/aromatic N) is 2. The van der Waals surface area contributed by atoms with Gasteiger partial charge < -0.3 is 5.32 Å². The van der Waals surface area contributed by atoms with Crippen LogP contribution in [0.25, 0.3) is 22.4 Å². The van der Waals surface area contributed by atoms with Crippen LogP contribution in [-0.2, 0) is 21.2 Å². The molecule has 1 fully saturated rings. The third-order valence-corrected chi connectivity index (χ3v) is 10.9. The maximum atomic E-state index is 13.3. The Morgan fingerprint density at radius 3 is 2.41 bits per heavy atom. The van der Waals surface area contributed by atoms with Gasteiger partial charge in [-0.2, -0.15) is 4.31 Å². The van der Waals surface area contributed by atoms with Crippen LogP contribution in [-0.4, -0.2) is 36.2 Å². The first-order valence-corrected chi connectivity index (χ1v) is 15.6. The highest BCUT2D eigenvalue weighted by molar-refractivity contribution is 7.91. The number of benzene rings is 2. The molecular formula is C27H26ClN3O3S3. The molecule has 37 heavy (non-hydrogen) atoms. The monoisotopic (exact) mass is 571 g/mol. The topological polar surface area (TPSA) is 79.4 Å². The largest absolute Gasteiger partial charge is 0.301 e. The molecule has 5 rings (SSSR count). The normalized spacial score (nSPS) is 16.2. The summed E-state index contributed by atoms with van der Waals surface area (Å²) in [5.74, 6) is -0.355. The van der Waals surface area contributed by atoms with E-state index in [1.54, 1.807) is 6.07 Å². The minimum absolute atomic E-state index is 0.151. The number of halogens is 1. The summed E-state index contributed by atoms with van der Waals surface area (Å²) in [7, 11) is -3.80. The molecule has 2 aromatic carbocycles. The number of sulfonamides is 1. The summed E-state index contributed by atoms with van der Waals surface area (Å²) in [5.41, 5.74) is 4.11. The Morgan fingerprint density at radius 1 is 1.03 bits per heavy atom. The molecule has 1 amide bonds. The summed E-state index contributed by atoms with van der Waals surface area (Å²) in [5, 5.41) is 3.39. The SMILES string of the molecule is CCCc1sc(NC(=O)C2CCCN2S(=O)(=O)c2ccc(Cl)s2)nc1-c1ccc(-c2ccccc2)cc1. The Bertz CT molecular complexity index is 1500. The number of carbonyl (C=O) groups excluding carboxylic acids is 1. The number of carbonyl (C=O) groups is 1. The van der Waals surface area contributed by atoms with Gasteiger partial charge in [0.05, 0.1) is 10.0 Å². The van der Waals surface area contributed by atoms with Crippen LogP contribution >= 0.6 is 34.3 Å². The highest BCUT2D eigenvalue weighted by atomic mass is 35.5. The number of thiazole rings is 1. The third-order valence-electron chi connectivity index (χ3n) is 6.29. The summed E-state index contributed by atoms with van der Waals surface area (Å²) >= 11 is 8.41. The van der Waals surface area contributed by atoms with Crippen molar-refractivity contribution in [2.24, 2.45) is 0 Å². The zero-order valence-corrected chi connectivity index (χ0v) is 23.4. The van der Waals surface area contributed by atoms with E-state index in [-0.39, 0.29) is 10.1 Å². The molecule has 1 aliphatic heterocycles. The van der Waals surface area contributed by atoms with E-state index in [0.29, 0.717) is 28.9 Å². The van der Waals surface area contributed by atoms with E-state index < -0.39 is 16.1 Å². The predicted octanol–water partition coefficient (Wildman–Crippen LogP) is 6.94. The molecule has 0 bridgehead atoms. The molecule has 1 atom stereocenters. The molecule has 10 heteroatoms. The lowest BCUT2D eigenvalue weighted by Gasteiger charge is -2.22. The van der Waals surface area contributed by atoms with Crippen molar-refractivity contribution < 1.29 is 13.2 Å². The molecule has 0 saturated carbocycles. The van der Waals surface area contributed by atoms with E-state index >= 15 is 0 Å². The maximum absolute atomic E-state index is 13.3. The second-order valence-corrected chi connectivity index (χ2v) is 13.7. The predicted molar refractivity (Wildman–Crippen MR) is 152 cm³/mol. The van der Waals surface area contributed by atoms with Gasteiger partial charge in [0.25, 0.3) is 10.0 Å². The van der Waals surface area contributed by atoms with Crippen LogP contribution in [0.4, 0.5) is 5.13 Å². The van der Waals surface area contributed by atoms with Crippen molar-refractivity contribution in [2.75, 3.05) is 11.9 Å². The summed E-state index contributed by atoms with van der Waals surface area (Å²) in [6.07, 6.45) is 2.87. The van der Waals surface area contributed by atoms with Gasteiger partial charge in [-0.05, 0) is 42.5 Å². The first-order chi connectivity index (χ1) is 17.9. The summed E-state index contributed by atoms with van der Waals surface area (Å²) in [6.45, 7) is 2.41. The summed E-state index contributed by atoms with van der Waals surface area (Å²) in [6, 6.07) is 20.7. The van der Waals surface area contributed by atoms with Gasteiger partial charge in [-0.25, -0.2) is 13.4 Å². The van der Waals surface area contributed by atoms with E-state index in [2.05, 4.69) is 48.6 Å². The first kappa shape index (κ1) is 26.1. The van der Waals surface area contributed by atoms with Crippen LogP contribution < -0.4 is 5.32 Å². The van der Waals surface area contributed by atoms with Gasteiger partial charge in [-0.15, -0.1) is 22.7 Å². The second-order valence-electron chi connectivity index (χ2n) is 8.81. The lowest BCUT2D eigenvalue weighted by molar-refractivity contribution is -0.119. The number of nitrogens with one attached hydrogen (secondary N) is 1. The molecule has 0 spiro atoms. The van der Waals surface area contributed by atoms with Crippen molar-refractivity contribution >= 4 is 55.3 Å². The van der Waals surface area contributed by atoms with Crippen LogP contribution in [0.1, 0.15) is 31.1 Å². The van der Waals surface area contributed by atoms with E-state index in [9.17, 15) is 13.2 Å². The maximum Gasteiger partial charge on any atom is 0.253 e. The molecule has 0 radical (unpaired) electrons. The number of rotatable bonds is 8. The molecule has 1 aliphatic rings. The van der Waals surface area contributed by atoms with Crippen LogP contribution in [0.5, 0.6) is 0 Å². The molecule has 1 saturated heterocycles. The van der Waals surface area contributed by atoms with Crippen molar-refractivity contribution in [3.8, 4) is 22.4 Å². The summed E-state index contributed by atoms with van der Waals surface area (Å²) < 4.78 is 28.2. The third kappa shape index (κ3) is 5.51.